The molecule has 2 N–H and O–H groups in total. The van der Waals surface area contributed by atoms with Crippen LogP contribution in [0.4, 0.5) is 0 Å². The van der Waals surface area contributed by atoms with Crippen molar-refractivity contribution in [3.63, 3.8) is 0 Å². The monoisotopic (exact) mass is 305 g/mol. The van der Waals surface area contributed by atoms with Crippen molar-refractivity contribution < 1.29 is 14.6 Å². The normalized spacial score (nSPS) is 12.0. The van der Waals surface area contributed by atoms with E-state index in [9.17, 15) is 9.90 Å². The third-order valence-electron chi connectivity index (χ3n) is 2.48. The second-order valence-electron chi connectivity index (χ2n) is 4.09. The quantitative estimate of drug-likeness (QED) is 0.814. The van der Waals surface area contributed by atoms with E-state index in [-0.39, 0.29) is 18.6 Å². The first-order chi connectivity index (χ1) is 9.01. The van der Waals surface area contributed by atoms with Crippen LogP contribution < -0.4 is 10.1 Å². The average molecular weight is 306 g/mol. The molecule has 1 rings (SSSR count). The fourth-order valence-corrected chi connectivity index (χ4v) is 1.90. The van der Waals surface area contributed by atoms with Gasteiger partial charge in [-0.1, -0.05) is 30.1 Å². The minimum atomic E-state index is -0.382. The zero-order valence-corrected chi connectivity index (χ0v) is 12.2. The number of halogens is 2. The molecule has 6 heteroatoms. The van der Waals surface area contributed by atoms with Gasteiger partial charge in [0.05, 0.1) is 6.10 Å². The number of aliphatic hydroxyl groups excluding tert-OH is 1. The van der Waals surface area contributed by atoms with Crippen LogP contribution in [0.2, 0.25) is 10.0 Å². The number of amides is 1. The molecule has 0 aromatic heterocycles. The molecule has 106 valence electrons. The van der Waals surface area contributed by atoms with Gasteiger partial charge in [-0.2, -0.15) is 0 Å². The van der Waals surface area contributed by atoms with Crippen molar-refractivity contribution in [3.8, 4) is 5.75 Å². The van der Waals surface area contributed by atoms with Crippen LogP contribution in [0.5, 0.6) is 5.75 Å². The van der Waals surface area contributed by atoms with Crippen molar-refractivity contribution in [3.05, 3.63) is 28.2 Å². The van der Waals surface area contributed by atoms with E-state index in [1.165, 1.54) is 0 Å². The number of ether oxygens (including phenoxy) is 1. The highest BCUT2D eigenvalue weighted by Crippen LogP contribution is 2.23. The zero-order valence-electron chi connectivity index (χ0n) is 10.7. The summed E-state index contributed by atoms with van der Waals surface area (Å²) in [7, 11) is 0. The highest BCUT2D eigenvalue weighted by molar-refractivity contribution is 6.34. The first-order valence-corrected chi connectivity index (χ1v) is 6.80. The van der Waals surface area contributed by atoms with Crippen molar-refractivity contribution >= 4 is 29.1 Å². The van der Waals surface area contributed by atoms with Crippen molar-refractivity contribution in [2.24, 2.45) is 0 Å². The third-order valence-corrected chi connectivity index (χ3v) is 2.91. The number of rotatable bonds is 7. The number of carbonyl (C=O) groups is 1. The summed E-state index contributed by atoms with van der Waals surface area (Å²) in [6.45, 7) is 2.20. The molecule has 0 aliphatic carbocycles. The van der Waals surface area contributed by atoms with Crippen LogP contribution in [0, 0.1) is 0 Å². The van der Waals surface area contributed by atoms with Crippen molar-refractivity contribution in [2.45, 2.75) is 25.9 Å². The summed E-state index contributed by atoms with van der Waals surface area (Å²) in [5.41, 5.74) is 0. The van der Waals surface area contributed by atoms with Gasteiger partial charge in [-0.25, -0.2) is 0 Å². The van der Waals surface area contributed by atoms with Crippen LogP contribution in [0.3, 0.4) is 0 Å². The van der Waals surface area contributed by atoms with E-state index < -0.39 is 0 Å². The Morgan fingerprint density at radius 3 is 2.58 bits per heavy atom. The molecule has 0 saturated heterocycles. The van der Waals surface area contributed by atoms with E-state index in [2.05, 4.69) is 5.32 Å². The fraction of sp³-hybridized carbons (Fsp3) is 0.462. The molecule has 0 bridgehead atoms. The summed E-state index contributed by atoms with van der Waals surface area (Å²) in [6.07, 6.45) is 0.825. The lowest BCUT2D eigenvalue weighted by atomic mass is 10.2. The van der Waals surface area contributed by atoms with E-state index in [0.29, 0.717) is 35.2 Å². The maximum Gasteiger partial charge on any atom is 0.257 e. The van der Waals surface area contributed by atoms with Gasteiger partial charge in [-0.3, -0.25) is 4.79 Å². The summed E-state index contributed by atoms with van der Waals surface area (Å²) in [6, 6.07) is 4.76. The number of aliphatic hydroxyl groups is 1. The molecule has 4 nitrogen and oxygen atoms in total. The van der Waals surface area contributed by atoms with E-state index in [0.717, 1.165) is 0 Å². The van der Waals surface area contributed by atoms with Crippen LogP contribution >= 0.6 is 23.2 Å². The summed E-state index contributed by atoms with van der Waals surface area (Å²) in [5, 5.41) is 12.9. The fourth-order valence-electron chi connectivity index (χ4n) is 1.39. The Morgan fingerprint density at radius 2 is 2.00 bits per heavy atom. The molecule has 0 spiro atoms. The van der Waals surface area contributed by atoms with Gasteiger partial charge in [0, 0.05) is 16.6 Å². The number of hydrogen-bond donors (Lipinski definition) is 2. The minimum absolute atomic E-state index is 0.112. The molecule has 19 heavy (non-hydrogen) atoms. The van der Waals surface area contributed by atoms with Gasteiger partial charge in [0.2, 0.25) is 0 Å². The SMILES string of the molecule is CCC(O)CCNC(=O)COc1cc(Cl)cc(Cl)c1. The van der Waals surface area contributed by atoms with Crippen molar-refractivity contribution in [1.82, 2.24) is 5.32 Å². The van der Waals surface area contributed by atoms with Crippen LogP contribution in [-0.4, -0.2) is 30.3 Å². The Kier molecular flexibility index (Phi) is 6.99. The topological polar surface area (TPSA) is 58.6 Å². The molecule has 1 amide bonds. The molecule has 1 aromatic rings. The molecule has 1 atom stereocenters. The van der Waals surface area contributed by atoms with Gasteiger partial charge in [0.25, 0.3) is 5.91 Å². The largest absolute Gasteiger partial charge is 0.484 e. The molecule has 0 fully saturated rings. The van der Waals surface area contributed by atoms with Gasteiger partial charge >= 0.3 is 0 Å². The van der Waals surface area contributed by atoms with E-state index in [1.807, 2.05) is 6.92 Å². The summed E-state index contributed by atoms with van der Waals surface area (Å²) in [4.78, 5) is 11.5. The van der Waals surface area contributed by atoms with E-state index >= 15 is 0 Å². The third kappa shape index (κ3) is 6.66. The summed E-state index contributed by atoms with van der Waals surface area (Å²) < 4.78 is 5.27. The van der Waals surface area contributed by atoms with Crippen LogP contribution in [0.1, 0.15) is 19.8 Å². The first-order valence-electron chi connectivity index (χ1n) is 6.05. The molecule has 0 aliphatic heterocycles. The molecule has 1 aromatic carbocycles. The maximum absolute atomic E-state index is 11.5. The molecule has 1 unspecified atom stereocenters. The molecular formula is C13H17Cl2NO3. The lowest BCUT2D eigenvalue weighted by Gasteiger charge is -2.10. The molecule has 0 saturated carbocycles. The standard InChI is InChI=1S/C13H17Cl2NO3/c1-2-11(17)3-4-16-13(18)8-19-12-6-9(14)5-10(15)7-12/h5-7,11,17H,2-4,8H2,1H3,(H,16,18). The lowest BCUT2D eigenvalue weighted by molar-refractivity contribution is -0.123. The number of carbonyl (C=O) groups excluding carboxylic acids is 1. The Balaban J connectivity index is 2.30. The van der Waals surface area contributed by atoms with Crippen LogP contribution in [-0.2, 0) is 4.79 Å². The molecular weight excluding hydrogens is 289 g/mol. The Bertz CT molecular complexity index is 406. The van der Waals surface area contributed by atoms with Gasteiger partial charge in [-0.15, -0.1) is 0 Å². The van der Waals surface area contributed by atoms with Crippen molar-refractivity contribution in [2.75, 3.05) is 13.2 Å². The highest BCUT2D eigenvalue weighted by atomic mass is 35.5. The zero-order chi connectivity index (χ0) is 14.3. The van der Waals surface area contributed by atoms with Gasteiger partial charge in [0.15, 0.2) is 6.61 Å². The van der Waals surface area contributed by atoms with Gasteiger partial charge < -0.3 is 15.2 Å². The van der Waals surface area contributed by atoms with Crippen LogP contribution in [0.15, 0.2) is 18.2 Å². The average Bonchev–Trinajstić information content (AvgIpc) is 2.35. The Labute approximate surface area is 122 Å². The Morgan fingerprint density at radius 1 is 1.37 bits per heavy atom. The van der Waals surface area contributed by atoms with Gasteiger partial charge in [0.1, 0.15) is 5.75 Å². The smallest absolute Gasteiger partial charge is 0.257 e. The van der Waals surface area contributed by atoms with Crippen LogP contribution in [0.25, 0.3) is 0 Å². The highest BCUT2D eigenvalue weighted by Gasteiger charge is 2.06. The molecule has 0 heterocycles. The van der Waals surface area contributed by atoms with E-state index in [1.54, 1.807) is 18.2 Å². The molecule has 0 radical (unpaired) electrons. The number of hydrogen-bond acceptors (Lipinski definition) is 3. The predicted molar refractivity (Wildman–Crippen MR) is 75.9 cm³/mol. The van der Waals surface area contributed by atoms with E-state index in [4.69, 9.17) is 27.9 Å². The van der Waals surface area contributed by atoms with Gasteiger partial charge in [-0.05, 0) is 31.0 Å². The van der Waals surface area contributed by atoms with Crippen molar-refractivity contribution in [1.29, 1.82) is 0 Å². The minimum Gasteiger partial charge on any atom is -0.484 e. The predicted octanol–water partition coefficient (Wildman–Crippen LogP) is 2.65. The maximum atomic E-state index is 11.5. The first kappa shape index (κ1) is 16.1. The molecule has 0 aliphatic rings. The summed E-state index contributed by atoms with van der Waals surface area (Å²) >= 11 is 11.6. The number of benzene rings is 1. The lowest BCUT2D eigenvalue weighted by Crippen LogP contribution is -2.31. The Hall–Kier alpha value is -0.970. The number of nitrogens with one attached hydrogen (secondary N) is 1. The second-order valence-corrected chi connectivity index (χ2v) is 4.97. The second kappa shape index (κ2) is 8.25. The summed E-state index contributed by atoms with van der Waals surface area (Å²) in [5.74, 6) is 0.195.